The lowest BCUT2D eigenvalue weighted by molar-refractivity contribution is 0.0986. The summed E-state index contributed by atoms with van der Waals surface area (Å²) in [5.41, 5.74) is 1.41. The van der Waals surface area contributed by atoms with Crippen molar-refractivity contribution in [3.63, 3.8) is 0 Å². The fourth-order valence-corrected chi connectivity index (χ4v) is 4.50. The van der Waals surface area contributed by atoms with Crippen LogP contribution < -0.4 is 19.1 Å². The van der Waals surface area contributed by atoms with Gasteiger partial charge in [0.15, 0.2) is 16.6 Å². The van der Waals surface area contributed by atoms with E-state index < -0.39 is 0 Å². The summed E-state index contributed by atoms with van der Waals surface area (Å²) in [6.45, 7) is 6.48. The van der Waals surface area contributed by atoms with Gasteiger partial charge < -0.3 is 19.1 Å². The van der Waals surface area contributed by atoms with Crippen molar-refractivity contribution in [3.05, 3.63) is 42.0 Å². The Morgan fingerprint density at radius 3 is 2.39 bits per heavy atom. The van der Waals surface area contributed by atoms with Gasteiger partial charge in [0.05, 0.1) is 16.3 Å². The molecule has 0 radical (unpaired) electrons. The summed E-state index contributed by atoms with van der Waals surface area (Å²) in [6, 6.07) is 11.1. The van der Waals surface area contributed by atoms with Crippen LogP contribution in [0.25, 0.3) is 10.2 Å². The van der Waals surface area contributed by atoms with Crippen molar-refractivity contribution in [2.24, 2.45) is 0 Å². The predicted octanol–water partition coefficient (Wildman–Crippen LogP) is 4.88. The third-order valence-corrected chi connectivity index (χ3v) is 6.02. The molecule has 0 bridgehead atoms. The molecular formula is C24H30ClN3O4S. The first kappa shape index (κ1) is 25.1. The molecular weight excluding hydrogens is 462 g/mol. The van der Waals surface area contributed by atoms with Crippen molar-refractivity contribution in [2.75, 3.05) is 45.3 Å². The second-order valence-electron chi connectivity index (χ2n) is 8.26. The highest BCUT2D eigenvalue weighted by molar-refractivity contribution is 7.22. The van der Waals surface area contributed by atoms with Crippen LogP contribution in [-0.4, -0.2) is 62.3 Å². The summed E-state index contributed by atoms with van der Waals surface area (Å²) in [5, 5.41) is 0.675. The first-order chi connectivity index (χ1) is 15.4. The Labute approximate surface area is 204 Å². The number of nitrogens with zero attached hydrogens (tertiary/aromatic N) is 3. The molecule has 0 saturated heterocycles. The Morgan fingerprint density at radius 2 is 1.76 bits per heavy atom. The number of aromatic nitrogens is 1. The summed E-state index contributed by atoms with van der Waals surface area (Å²) in [7, 11) is 4.06. The van der Waals surface area contributed by atoms with Crippen LogP contribution >= 0.6 is 23.7 Å². The zero-order valence-corrected chi connectivity index (χ0v) is 21.0. The Hall–Kier alpha value is -2.55. The molecule has 7 nitrogen and oxygen atoms in total. The highest BCUT2D eigenvalue weighted by Gasteiger charge is 2.23. The number of hydrogen-bond donors (Lipinski definition) is 0. The molecule has 1 aliphatic rings. The average Bonchev–Trinajstić information content (AvgIpc) is 3.17. The van der Waals surface area contributed by atoms with Gasteiger partial charge in [-0.25, -0.2) is 4.98 Å². The largest absolute Gasteiger partial charge is 0.491 e. The SMILES string of the molecule is CC(C)Oc1ccc(C(=O)N(CCCN(C)C)c2nc3cc4c(cc3s2)OCCO4)cc1.Cl. The molecule has 0 N–H and O–H groups in total. The maximum absolute atomic E-state index is 13.5. The van der Waals surface area contributed by atoms with Crippen LogP contribution in [0.1, 0.15) is 30.6 Å². The van der Waals surface area contributed by atoms with E-state index in [1.807, 2.05) is 64.3 Å². The van der Waals surface area contributed by atoms with Gasteiger partial charge in [0.25, 0.3) is 5.91 Å². The van der Waals surface area contributed by atoms with Crippen LogP contribution in [0.2, 0.25) is 0 Å². The van der Waals surface area contributed by atoms with E-state index in [-0.39, 0.29) is 24.4 Å². The highest BCUT2D eigenvalue weighted by atomic mass is 35.5. The molecule has 9 heteroatoms. The second kappa shape index (κ2) is 11.0. The monoisotopic (exact) mass is 491 g/mol. The van der Waals surface area contributed by atoms with Gasteiger partial charge in [-0.1, -0.05) is 11.3 Å². The minimum Gasteiger partial charge on any atom is -0.491 e. The van der Waals surface area contributed by atoms with Crippen LogP contribution in [0.3, 0.4) is 0 Å². The first-order valence-corrected chi connectivity index (χ1v) is 11.7. The quantitative estimate of drug-likeness (QED) is 0.447. The van der Waals surface area contributed by atoms with E-state index >= 15 is 0 Å². The van der Waals surface area contributed by atoms with E-state index in [2.05, 4.69) is 4.90 Å². The Morgan fingerprint density at radius 1 is 1.09 bits per heavy atom. The second-order valence-corrected chi connectivity index (χ2v) is 9.27. The molecule has 1 aromatic heterocycles. The summed E-state index contributed by atoms with van der Waals surface area (Å²) >= 11 is 1.49. The number of halogens is 1. The number of benzene rings is 2. The molecule has 0 saturated carbocycles. The molecule has 0 atom stereocenters. The molecule has 0 fully saturated rings. The van der Waals surface area contributed by atoms with Crippen LogP contribution in [-0.2, 0) is 0 Å². The van der Waals surface area contributed by atoms with E-state index in [4.69, 9.17) is 19.2 Å². The van der Waals surface area contributed by atoms with Gasteiger partial charge in [-0.05, 0) is 65.2 Å². The molecule has 178 valence electrons. The van der Waals surface area contributed by atoms with Crippen molar-refractivity contribution in [1.82, 2.24) is 9.88 Å². The summed E-state index contributed by atoms with van der Waals surface area (Å²) in [4.78, 5) is 22.1. The maximum atomic E-state index is 13.5. The normalized spacial score (nSPS) is 12.7. The number of thiazole rings is 1. The molecule has 0 spiro atoms. The van der Waals surface area contributed by atoms with Crippen LogP contribution in [0.15, 0.2) is 36.4 Å². The van der Waals surface area contributed by atoms with Gasteiger partial charge >= 0.3 is 0 Å². The summed E-state index contributed by atoms with van der Waals surface area (Å²) in [5.74, 6) is 2.11. The van der Waals surface area contributed by atoms with Crippen molar-refractivity contribution >= 4 is 45.0 Å². The van der Waals surface area contributed by atoms with E-state index in [1.165, 1.54) is 11.3 Å². The van der Waals surface area contributed by atoms with E-state index in [1.54, 1.807) is 4.90 Å². The van der Waals surface area contributed by atoms with Crippen LogP contribution in [0.4, 0.5) is 5.13 Å². The molecule has 2 aromatic carbocycles. The van der Waals surface area contributed by atoms with Gasteiger partial charge in [-0.15, -0.1) is 12.4 Å². The van der Waals surface area contributed by atoms with Gasteiger partial charge in [-0.2, -0.15) is 0 Å². The summed E-state index contributed by atoms with van der Waals surface area (Å²) < 4.78 is 18.1. The van der Waals surface area contributed by atoms with Gasteiger partial charge in [0.2, 0.25) is 0 Å². The number of anilines is 1. The van der Waals surface area contributed by atoms with Gasteiger partial charge in [0, 0.05) is 24.2 Å². The third kappa shape index (κ3) is 6.07. The van der Waals surface area contributed by atoms with E-state index in [9.17, 15) is 4.79 Å². The van der Waals surface area contributed by atoms with Gasteiger partial charge in [-0.3, -0.25) is 9.69 Å². The number of carbonyl (C=O) groups excluding carboxylic acids is 1. The number of carbonyl (C=O) groups is 1. The zero-order valence-electron chi connectivity index (χ0n) is 19.4. The van der Waals surface area contributed by atoms with E-state index in [0.717, 1.165) is 34.7 Å². The molecule has 2 heterocycles. The zero-order chi connectivity index (χ0) is 22.7. The van der Waals surface area contributed by atoms with Crippen LogP contribution in [0, 0.1) is 0 Å². The Balaban J connectivity index is 0.00000306. The standard InChI is InChI=1S/C24H29N3O4S.ClH/c1-16(2)31-18-8-6-17(7-9-18)23(28)27(11-5-10-26(3)4)24-25-19-14-20-21(15-22(19)32-24)30-13-12-29-20;/h6-9,14-16H,5,10-13H2,1-4H3;1H. The topological polar surface area (TPSA) is 64.1 Å². The van der Waals surface area contributed by atoms with Crippen molar-refractivity contribution in [3.8, 4) is 17.2 Å². The predicted molar refractivity (Wildman–Crippen MR) is 135 cm³/mol. The molecule has 33 heavy (non-hydrogen) atoms. The molecule has 4 rings (SSSR count). The third-order valence-electron chi connectivity index (χ3n) is 4.98. The van der Waals surface area contributed by atoms with Crippen LogP contribution in [0.5, 0.6) is 17.2 Å². The average molecular weight is 492 g/mol. The fraction of sp³-hybridized carbons (Fsp3) is 0.417. The fourth-order valence-electron chi connectivity index (χ4n) is 3.50. The number of amides is 1. The number of fused-ring (bicyclic) bond motifs is 2. The molecule has 0 unspecified atom stereocenters. The Kier molecular flexibility index (Phi) is 8.40. The minimum absolute atomic E-state index is 0. The lowest BCUT2D eigenvalue weighted by Gasteiger charge is -2.21. The molecule has 3 aromatic rings. The minimum atomic E-state index is -0.0730. The van der Waals surface area contributed by atoms with Gasteiger partial charge in [0.1, 0.15) is 19.0 Å². The highest BCUT2D eigenvalue weighted by Crippen LogP contribution is 2.39. The number of rotatable bonds is 8. The number of hydrogen-bond acceptors (Lipinski definition) is 7. The van der Waals surface area contributed by atoms with Crippen molar-refractivity contribution in [1.29, 1.82) is 0 Å². The maximum Gasteiger partial charge on any atom is 0.260 e. The van der Waals surface area contributed by atoms with E-state index in [0.29, 0.717) is 36.2 Å². The lowest BCUT2D eigenvalue weighted by atomic mass is 10.2. The number of ether oxygens (including phenoxy) is 3. The summed E-state index contributed by atoms with van der Waals surface area (Å²) in [6.07, 6.45) is 0.923. The molecule has 0 aliphatic carbocycles. The first-order valence-electron chi connectivity index (χ1n) is 10.8. The van der Waals surface area contributed by atoms with Crippen molar-refractivity contribution in [2.45, 2.75) is 26.4 Å². The molecule has 1 amide bonds. The molecule has 1 aliphatic heterocycles. The van der Waals surface area contributed by atoms with Crippen molar-refractivity contribution < 1.29 is 19.0 Å². The lowest BCUT2D eigenvalue weighted by Crippen LogP contribution is -2.33. The smallest absolute Gasteiger partial charge is 0.260 e. The Bertz CT molecular complexity index is 1040.